The van der Waals surface area contributed by atoms with Crippen molar-refractivity contribution in [2.45, 2.75) is 105 Å². The molecule has 0 unspecified atom stereocenters. The highest BCUT2D eigenvalue weighted by atomic mass is 16.3. The van der Waals surface area contributed by atoms with Gasteiger partial charge >= 0.3 is 0 Å². The fourth-order valence-electron chi connectivity index (χ4n) is 8.83. The molecule has 0 aromatic heterocycles. The van der Waals surface area contributed by atoms with E-state index >= 15 is 0 Å². The lowest BCUT2D eigenvalue weighted by atomic mass is 9.47. The zero-order chi connectivity index (χ0) is 21.7. The van der Waals surface area contributed by atoms with Crippen molar-refractivity contribution in [2.24, 2.45) is 52.3 Å². The number of hydrogen-bond acceptors (Lipinski definition) is 1. The van der Waals surface area contributed by atoms with Gasteiger partial charge in [-0.2, -0.15) is 0 Å². The molecule has 1 heteroatoms. The number of aliphatic hydroxyl groups is 1. The molecule has 1 nitrogen and oxygen atoms in total. The summed E-state index contributed by atoms with van der Waals surface area (Å²) in [5.41, 5.74) is 2.51. The first-order valence-corrected chi connectivity index (χ1v) is 13.3. The van der Waals surface area contributed by atoms with Gasteiger partial charge in [0.15, 0.2) is 0 Å². The van der Waals surface area contributed by atoms with E-state index in [1.807, 2.05) is 0 Å². The van der Waals surface area contributed by atoms with E-state index < -0.39 is 0 Å². The summed E-state index contributed by atoms with van der Waals surface area (Å²) in [6.07, 6.45) is 19.1. The third-order valence-electron chi connectivity index (χ3n) is 10.8. The first-order chi connectivity index (χ1) is 14.2. The van der Waals surface area contributed by atoms with Gasteiger partial charge in [0.05, 0.1) is 6.10 Å². The van der Waals surface area contributed by atoms with Crippen LogP contribution in [0.25, 0.3) is 0 Å². The van der Waals surface area contributed by atoms with Crippen LogP contribution < -0.4 is 0 Å². The van der Waals surface area contributed by atoms with Crippen molar-refractivity contribution in [1.29, 1.82) is 0 Å². The average molecular weight is 413 g/mol. The van der Waals surface area contributed by atoms with Crippen LogP contribution in [0.3, 0.4) is 0 Å². The summed E-state index contributed by atoms with van der Waals surface area (Å²) in [6, 6.07) is 0. The molecule has 4 aliphatic rings. The predicted octanol–water partition coefficient (Wildman–Crippen LogP) is 7.80. The van der Waals surface area contributed by atoms with Crippen LogP contribution in [0, 0.1) is 52.3 Å². The van der Waals surface area contributed by atoms with E-state index in [2.05, 4.69) is 59.8 Å². The Labute approximate surface area is 186 Å². The third kappa shape index (κ3) is 3.66. The number of allylic oxidation sites excluding steroid dienone is 3. The minimum Gasteiger partial charge on any atom is -0.393 e. The number of fused-ring (bicyclic) bond motifs is 5. The number of rotatable bonds is 5. The minimum atomic E-state index is -0.0870. The first kappa shape index (κ1) is 22.6. The Morgan fingerprint density at radius 1 is 1.03 bits per heavy atom. The molecule has 0 aromatic rings. The van der Waals surface area contributed by atoms with Gasteiger partial charge in [-0.25, -0.2) is 0 Å². The van der Waals surface area contributed by atoms with E-state index in [4.69, 9.17) is 0 Å². The van der Waals surface area contributed by atoms with Crippen molar-refractivity contribution in [2.75, 3.05) is 0 Å². The average Bonchev–Trinajstić information content (AvgIpc) is 3.06. The Hall–Kier alpha value is -0.560. The molecule has 4 rings (SSSR count). The van der Waals surface area contributed by atoms with E-state index in [1.54, 1.807) is 5.57 Å². The maximum absolute atomic E-state index is 10.2. The zero-order valence-electron chi connectivity index (χ0n) is 20.7. The minimum absolute atomic E-state index is 0.0870. The Bertz CT molecular complexity index is 674. The first-order valence-electron chi connectivity index (χ1n) is 13.3. The zero-order valence-corrected chi connectivity index (χ0v) is 20.7. The molecule has 0 bridgehead atoms. The predicted molar refractivity (Wildman–Crippen MR) is 128 cm³/mol. The van der Waals surface area contributed by atoms with Gasteiger partial charge in [-0.1, -0.05) is 65.3 Å². The summed E-state index contributed by atoms with van der Waals surface area (Å²) >= 11 is 0. The molecule has 9 atom stereocenters. The molecular formula is C29H48O. The van der Waals surface area contributed by atoms with Crippen molar-refractivity contribution in [3.05, 3.63) is 23.8 Å². The summed E-state index contributed by atoms with van der Waals surface area (Å²) in [6.45, 7) is 14.8. The standard InChI is InChI=1S/C29H48O/c1-7-21(19(2)3)9-8-20(4)25-12-13-26-24-11-10-22-18-23(30)14-16-28(22,5)27(24)15-17-29(25,26)6/h8-10,19-21,23-27,30H,7,11-18H2,1-6H3/b9-8-/t20-,21+,23-,24-,25+,26+,27+,28-,29+/m0/s1. The fraction of sp³-hybridized carbons (Fsp3) is 0.862. The largest absolute Gasteiger partial charge is 0.393 e. The Morgan fingerprint density at radius 3 is 2.50 bits per heavy atom. The van der Waals surface area contributed by atoms with Crippen LogP contribution in [0.1, 0.15) is 99.3 Å². The summed E-state index contributed by atoms with van der Waals surface area (Å²) in [5.74, 6) is 5.70. The summed E-state index contributed by atoms with van der Waals surface area (Å²) in [7, 11) is 0. The normalized spacial score (nSPS) is 45.6. The van der Waals surface area contributed by atoms with Crippen LogP contribution >= 0.6 is 0 Å². The quantitative estimate of drug-likeness (QED) is 0.457. The van der Waals surface area contributed by atoms with E-state index in [1.165, 1.54) is 44.9 Å². The Morgan fingerprint density at radius 2 is 1.80 bits per heavy atom. The second kappa shape index (κ2) is 8.42. The van der Waals surface area contributed by atoms with Crippen molar-refractivity contribution in [3.8, 4) is 0 Å². The molecule has 0 aromatic carbocycles. The van der Waals surface area contributed by atoms with Crippen LogP contribution in [-0.4, -0.2) is 11.2 Å². The molecule has 1 N–H and O–H groups in total. The van der Waals surface area contributed by atoms with Gasteiger partial charge in [0.1, 0.15) is 0 Å². The lowest BCUT2D eigenvalue weighted by Gasteiger charge is -2.58. The highest BCUT2D eigenvalue weighted by Gasteiger charge is 2.58. The van der Waals surface area contributed by atoms with Gasteiger partial charge in [-0.3, -0.25) is 0 Å². The molecule has 0 amide bonds. The van der Waals surface area contributed by atoms with Crippen molar-refractivity contribution in [3.63, 3.8) is 0 Å². The Balaban J connectivity index is 1.52. The van der Waals surface area contributed by atoms with Crippen molar-refractivity contribution < 1.29 is 5.11 Å². The summed E-state index contributed by atoms with van der Waals surface area (Å²) in [4.78, 5) is 0. The maximum atomic E-state index is 10.2. The molecular weight excluding hydrogens is 364 g/mol. The molecule has 3 saturated carbocycles. The Kier molecular flexibility index (Phi) is 6.35. The van der Waals surface area contributed by atoms with Gasteiger partial charge in [-0.05, 0) is 110 Å². The molecule has 0 radical (unpaired) electrons. The van der Waals surface area contributed by atoms with E-state index in [0.29, 0.717) is 16.7 Å². The summed E-state index contributed by atoms with van der Waals surface area (Å²) in [5, 5.41) is 10.2. The number of hydrogen-bond donors (Lipinski definition) is 1. The molecule has 30 heavy (non-hydrogen) atoms. The van der Waals surface area contributed by atoms with Crippen LogP contribution in [0.2, 0.25) is 0 Å². The van der Waals surface area contributed by atoms with Gasteiger partial charge in [0.25, 0.3) is 0 Å². The summed E-state index contributed by atoms with van der Waals surface area (Å²) < 4.78 is 0. The van der Waals surface area contributed by atoms with Crippen LogP contribution in [0.5, 0.6) is 0 Å². The highest BCUT2D eigenvalue weighted by Crippen LogP contribution is 2.67. The van der Waals surface area contributed by atoms with Gasteiger partial charge in [0.2, 0.25) is 0 Å². The molecule has 0 aliphatic heterocycles. The molecule has 0 saturated heterocycles. The van der Waals surface area contributed by atoms with E-state index in [9.17, 15) is 5.11 Å². The molecule has 0 spiro atoms. The molecule has 0 heterocycles. The smallest absolute Gasteiger partial charge is 0.0577 e. The molecule has 3 fully saturated rings. The second-order valence-electron chi connectivity index (χ2n) is 12.4. The van der Waals surface area contributed by atoms with Crippen molar-refractivity contribution >= 4 is 0 Å². The SMILES string of the molecule is CC[C@H](/C=C\[C@H](C)[C@H]1CC[C@@H]2[C@@H]3CC=C4C[C@@H](O)CC[C@]4(C)[C@@H]3CC[C@@]21C)C(C)C. The van der Waals surface area contributed by atoms with E-state index in [-0.39, 0.29) is 6.10 Å². The monoisotopic (exact) mass is 412 g/mol. The van der Waals surface area contributed by atoms with Gasteiger partial charge in [-0.15, -0.1) is 0 Å². The lowest BCUT2D eigenvalue weighted by Crippen LogP contribution is -2.50. The van der Waals surface area contributed by atoms with E-state index in [0.717, 1.165) is 48.3 Å². The molecule has 170 valence electrons. The van der Waals surface area contributed by atoms with Gasteiger partial charge < -0.3 is 5.11 Å². The lowest BCUT2D eigenvalue weighted by molar-refractivity contribution is -0.0540. The maximum Gasteiger partial charge on any atom is 0.0577 e. The van der Waals surface area contributed by atoms with Crippen molar-refractivity contribution in [1.82, 2.24) is 0 Å². The number of aliphatic hydroxyl groups excluding tert-OH is 1. The van der Waals surface area contributed by atoms with Crippen LogP contribution in [0.4, 0.5) is 0 Å². The van der Waals surface area contributed by atoms with Crippen LogP contribution in [-0.2, 0) is 0 Å². The highest BCUT2D eigenvalue weighted by molar-refractivity contribution is 5.25. The van der Waals surface area contributed by atoms with Crippen LogP contribution in [0.15, 0.2) is 23.8 Å². The molecule has 4 aliphatic carbocycles. The fourth-order valence-corrected chi connectivity index (χ4v) is 8.83. The second-order valence-corrected chi connectivity index (χ2v) is 12.4. The van der Waals surface area contributed by atoms with Gasteiger partial charge in [0, 0.05) is 0 Å². The third-order valence-corrected chi connectivity index (χ3v) is 10.8. The topological polar surface area (TPSA) is 20.2 Å².